The summed E-state index contributed by atoms with van der Waals surface area (Å²) in [5, 5.41) is 27.6. The van der Waals surface area contributed by atoms with E-state index in [0.29, 0.717) is 0 Å². The first-order valence-electron chi connectivity index (χ1n) is 3.83. The predicted octanol–water partition coefficient (Wildman–Crippen LogP) is -1.54. The number of aliphatic hydroxyl groups excluding tert-OH is 3. The van der Waals surface area contributed by atoms with E-state index in [1.807, 2.05) is 0 Å². The Morgan fingerprint density at radius 3 is 2.67 bits per heavy atom. The van der Waals surface area contributed by atoms with Crippen LogP contribution in [-0.4, -0.2) is 53.6 Å². The highest BCUT2D eigenvalue weighted by atomic mass is 16.6. The van der Waals surface area contributed by atoms with Gasteiger partial charge >= 0.3 is 0 Å². The van der Waals surface area contributed by atoms with E-state index in [4.69, 9.17) is 14.6 Å². The maximum absolute atomic E-state index is 9.32. The average molecular weight is 178 g/mol. The maximum atomic E-state index is 9.32. The molecule has 1 rings (SSSR count). The lowest BCUT2D eigenvalue weighted by Crippen LogP contribution is -2.50. The Morgan fingerprint density at radius 2 is 2.08 bits per heavy atom. The van der Waals surface area contributed by atoms with Crippen molar-refractivity contribution in [3.8, 4) is 0 Å². The molecular formula is C7H14O5. The van der Waals surface area contributed by atoms with Gasteiger partial charge in [-0.2, -0.15) is 0 Å². The van der Waals surface area contributed by atoms with E-state index in [1.54, 1.807) is 0 Å². The molecule has 3 N–H and O–H groups in total. The lowest BCUT2D eigenvalue weighted by molar-refractivity contribution is -0.241. The summed E-state index contributed by atoms with van der Waals surface area (Å²) in [6.45, 7) is 0.162. The van der Waals surface area contributed by atoms with Gasteiger partial charge in [-0.1, -0.05) is 0 Å². The molecular weight excluding hydrogens is 164 g/mol. The predicted molar refractivity (Wildman–Crippen MR) is 39.4 cm³/mol. The molecule has 72 valence electrons. The fourth-order valence-corrected chi connectivity index (χ4v) is 1.23. The highest BCUT2D eigenvalue weighted by molar-refractivity contribution is 4.81. The molecule has 12 heavy (non-hydrogen) atoms. The molecule has 0 aromatic heterocycles. The second kappa shape index (κ2) is 4.15. The van der Waals surface area contributed by atoms with Crippen molar-refractivity contribution in [2.75, 3.05) is 13.7 Å². The van der Waals surface area contributed by atoms with Gasteiger partial charge in [0.2, 0.25) is 0 Å². The third kappa shape index (κ3) is 2.15. The van der Waals surface area contributed by atoms with Gasteiger partial charge in [0.25, 0.3) is 0 Å². The number of ether oxygens (including phenoxy) is 2. The van der Waals surface area contributed by atoms with E-state index in [0.717, 1.165) is 0 Å². The van der Waals surface area contributed by atoms with Crippen molar-refractivity contribution < 1.29 is 24.8 Å². The van der Waals surface area contributed by atoms with E-state index in [-0.39, 0.29) is 13.0 Å². The molecule has 4 atom stereocenters. The second-order valence-electron chi connectivity index (χ2n) is 2.88. The van der Waals surface area contributed by atoms with Crippen molar-refractivity contribution in [1.82, 2.24) is 0 Å². The monoisotopic (exact) mass is 178 g/mol. The van der Waals surface area contributed by atoms with Gasteiger partial charge in [0.1, 0.15) is 12.2 Å². The third-order valence-electron chi connectivity index (χ3n) is 1.88. The van der Waals surface area contributed by atoms with Crippen LogP contribution in [0.15, 0.2) is 0 Å². The van der Waals surface area contributed by atoms with Gasteiger partial charge in [0.05, 0.1) is 12.7 Å². The minimum absolute atomic E-state index is 0.0430. The third-order valence-corrected chi connectivity index (χ3v) is 1.88. The molecule has 1 fully saturated rings. The normalized spacial score (nSPS) is 43.0. The van der Waals surface area contributed by atoms with E-state index in [1.165, 1.54) is 7.11 Å². The van der Waals surface area contributed by atoms with Crippen molar-refractivity contribution in [1.29, 1.82) is 0 Å². The number of hydrogen-bond acceptors (Lipinski definition) is 5. The Balaban J connectivity index is 2.47. The summed E-state index contributed by atoms with van der Waals surface area (Å²) < 4.78 is 9.67. The van der Waals surface area contributed by atoms with Crippen molar-refractivity contribution in [2.24, 2.45) is 0 Å². The van der Waals surface area contributed by atoms with Crippen molar-refractivity contribution in [3.63, 3.8) is 0 Å². The first-order valence-corrected chi connectivity index (χ1v) is 3.83. The van der Waals surface area contributed by atoms with Crippen LogP contribution in [-0.2, 0) is 9.47 Å². The van der Waals surface area contributed by atoms with Crippen LogP contribution in [0.4, 0.5) is 0 Å². The molecule has 1 aliphatic rings. The molecule has 1 heterocycles. The molecule has 0 bridgehead atoms. The van der Waals surface area contributed by atoms with Crippen molar-refractivity contribution in [2.45, 2.75) is 31.0 Å². The molecule has 0 radical (unpaired) electrons. The largest absolute Gasteiger partial charge is 0.390 e. The highest BCUT2D eigenvalue weighted by Gasteiger charge is 2.35. The quantitative estimate of drug-likeness (QED) is 0.477. The number of hydrogen-bond donors (Lipinski definition) is 3. The summed E-state index contributed by atoms with van der Waals surface area (Å²) in [5.74, 6) is 0. The van der Waals surface area contributed by atoms with Crippen LogP contribution in [0.5, 0.6) is 0 Å². The standard InChI is InChI=1S/C7H14O5/c1-11-3-5-7(10)4(8)2-6(9)12-5/h4-10H,2-3H2,1H3/t4?,5?,6-,7-/m0/s1. The fourth-order valence-electron chi connectivity index (χ4n) is 1.23. The topological polar surface area (TPSA) is 79.2 Å². The van der Waals surface area contributed by atoms with Gasteiger partial charge in [-0.15, -0.1) is 0 Å². The second-order valence-corrected chi connectivity index (χ2v) is 2.88. The Morgan fingerprint density at radius 1 is 1.42 bits per heavy atom. The van der Waals surface area contributed by atoms with Gasteiger partial charge in [-0.25, -0.2) is 0 Å². The van der Waals surface area contributed by atoms with Crippen LogP contribution in [0.2, 0.25) is 0 Å². The van der Waals surface area contributed by atoms with Crippen molar-refractivity contribution in [3.05, 3.63) is 0 Å². The Hall–Kier alpha value is -0.200. The average Bonchev–Trinajstić information content (AvgIpc) is 2.00. The molecule has 1 saturated heterocycles. The molecule has 5 nitrogen and oxygen atoms in total. The van der Waals surface area contributed by atoms with Gasteiger partial charge in [0.15, 0.2) is 6.29 Å². The molecule has 0 spiro atoms. The lowest BCUT2D eigenvalue weighted by atomic mass is 10.0. The summed E-state index contributed by atoms with van der Waals surface area (Å²) in [5.41, 5.74) is 0. The van der Waals surface area contributed by atoms with E-state index in [9.17, 15) is 10.2 Å². The van der Waals surface area contributed by atoms with Crippen LogP contribution in [0.1, 0.15) is 6.42 Å². The first-order chi connectivity index (χ1) is 5.65. The summed E-state index contributed by atoms with van der Waals surface area (Å²) in [6, 6.07) is 0. The molecule has 0 amide bonds. The van der Waals surface area contributed by atoms with Gasteiger partial charge in [-0.3, -0.25) is 0 Å². The minimum atomic E-state index is -1.01. The summed E-state index contributed by atoms with van der Waals surface area (Å²) in [6.07, 6.45) is -3.53. The van der Waals surface area contributed by atoms with E-state index in [2.05, 4.69) is 0 Å². The summed E-state index contributed by atoms with van der Waals surface area (Å²) >= 11 is 0. The van der Waals surface area contributed by atoms with E-state index >= 15 is 0 Å². The highest BCUT2D eigenvalue weighted by Crippen LogP contribution is 2.18. The van der Waals surface area contributed by atoms with Gasteiger partial charge in [0, 0.05) is 13.5 Å². The van der Waals surface area contributed by atoms with Gasteiger partial charge in [-0.05, 0) is 0 Å². The zero-order chi connectivity index (χ0) is 9.14. The number of rotatable bonds is 2. The van der Waals surface area contributed by atoms with Crippen LogP contribution < -0.4 is 0 Å². The molecule has 0 saturated carbocycles. The maximum Gasteiger partial charge on any atom is 0.157 e. The van der Waals surface area contributed by atoms with Crippen LogP contribution >= 0.6 is 0 Å². The molecule has 0 aliphatic carbocycles. The van der Waals surface area contributed by atoms with Crippen LogP contribution in [0, 0.1) is 0 Å². The van der Waals surface area contributed by atoms with Gasteiger partial charge < -0.3 is 24.8 Å². The molecule has 5 heteroatoms. The summed E-state index contributed by atoms with van der Waals surface area (Å²) in [7, 11) is 1.46. The number of aliphatic hydroxyl groups is 3. The van der Waals surface area contributed by atoms with E-state index < -0.39 is 24.6 Å². The number of methoxy groups -OCH3 is 1. The molecule has 2 unspecified atom stereocenters. The Labute approximate surface area is 70.5 Å². The molecule has 0 aromatic carbocycles. The zero-order valence-electron chi connectivity index (χ0n) is 6.88. The summed E-state index contributed by atoms with van der Waals surface area (Å²) in [4.78, 5) is 0. The zero-order valence-corrected chi connectivity index (χ0v) is 6.88. The SMILES string of the molecule is COCC1O[C@H](O)CC(O)[C@@H]1O. The lowest BCUT2D eigenvalue weighted by Gasteiger charge is -2.34. The Kier molecular flexibility index (Phi) is 3.42. The first kappa shape index (κ1) is 9.88. The van der Waals surface area contributed by atoms with Crippen LogP contribution in [0.25, 0.3) is 0 Å². The van der Waals surface area contributed by atoms with Crippen LogP contribution in [0.3, 0.4) is 0 Å². The Bertz CT molecular complexity index is 140. The molecule has 0 aromatic rings. The minimum Gasteiger partial charge on any atom is -0.390 e. The smallest absolute Gasteiger partial charge is 0.157 e. The molecule has 1 aliphatic heterocycles. The van der Waals surface area contributed by atoms with Crippen molar-refractivity contribution >= 4 is 0 Å². The fraction of sp³-hybridized carbons (Fsp3) is 1.00.